The molecule has 0 unspecified atom stereocenters. The Morgan fingerprint density at radius 2 is 0.521 bits per heavy atom. The zero-order chi connectivity index (χ0) is 52.9. The SMILES string of the molecule is CC/C=C\C/C=C\C/C=C\C/C=C\C/C=C\C/C=C\CCC(=O)OCC(COC(=O)CC/C=C\C/C=C\C/C=C\C/C=C\C/C=C\C/C=C\CC)OC(=O)CCCCCC/C=C\C/C=C\C/C=C\C/C=C\CC. The highest BCUT2D eigenvalue weighted by atomic mass is 16.6. The molecule has 402 valence electrons. The van der Waals surface area contributed by atoms with E-state index in [4.69, 9.17) is 14.2 Å². The van der Waals surface area contributed by atoms with E-state index >= 15 is 0 Å². The number of carbonyl (C=O) groups is 3. The molecule has 73 heavy (non-hydrogen) atoms. The van der Waals surface area contributed by atoms with Gasteiger partial charge in [-0.3, -0.25) is 14.4 Å². The van der Waals surface area contributed by atoms with Gasteiger partial charge in [-0.25, -0.2) is 0 Å². The fourth-order valence-electron chi connectivity index (χ4n) is 6.54. The molecule has 0 aromatic carbocycles. The second-order valence-corrected chi connectivity index (χ2v) is 17.3. The predicted octanol–water partition coefficient (Wildman–Crippen LogP) is 19.1. The van der Waals surface area contributed by atoms with E-state index in [-0.39, 0.29) is 38.4 Å². The molecule has 0 bridgehead atoms. The quantitative estimate of drug-likeness (QED) is 0.0262. The lowest BCUT2D eigenvalue weighted by Gasteiger charge is -2.18. The monoisotopic (exact) mass is 999 g/mol. The zero-order valence-electron chi connectivity index (χ0n) is 45.8. The summed E-state index contributed by atoms with van der Waals surface area (Å²) in [6.07, 6.45) is 90.1. The molecule has 0 aliphatic rings. The number of hydrogen-bond donors (Lipinski definition) is 0. The van der Waals surface area contributed by atoms with Gasteiger partial charge < -0.3 is 14.2 Å². The van der Waals surface area contributed by atoms with Crippen LogP contribution in [0.1, 0.15) is 188 Å². The maximum absolute atomic E-state index is 12.8. The summed E-state index contributed by atoms with van der Waals surface area (Å²) in [6.45, 7) is 6.11. The highest BCUT2D eigenvalue weighted by molar-refractivity contribution is 5.71. The highest BCUT2D eigenvalue weighted by Crippen LogP contribution is 2.10. The largest absolute Gasteiger partial charge is 0.462 e. The van der Waals surface area contributed by atoms with Crippen molar-refractivity contribution < 1.29 is 28.6 Å². The standard InChI is InChI=1S/C67H98O6/c1-4-7-10-13-16-19-22-25-28-31-33-36-38-41-44-47-50-53-56-59-65(68)71-62-64(73-67(70)61-58-55-52-49-46-43-40-35-30-27-24-21-18-15-12-9-6-3)63-72-66(69)60-57-54-51-48-45-42-39-37-34-32-29-26-23-20-17-14-11-8-5-2/h7-12,16-21,25-30,33-34,36-37,40-45,50-51,53-54,64H,4-6,13-15,22-24,31-32,35,38-39,46-49,52,55-63H2,1-3H3/b10-7-,11-8-,12-9-,19-16-,20-17-,21-18-,28-25-,29-26-,30-27-,36-33-,37-34-,43-40-,44-41-,45-42-,53-50-,54-51-. The van der Waals surface area contributed by atoms with E-state index in [1.54, 1.807) is 0 Å². The Balaban J connectivity index is 4.71. The third kappa shape index (κ3) is 57.0. The minimum atomic E-state index is -0.865. The van der Waals surface area contributed by atoms with E-state index in [2.05, 4.69) is 191 Å². The van der Waals surface area contributed by atoms with E-state index < -0.39 is 18.0 Å². The van der Waals surface area contributed by atoms with Gasteiger partial charge >= 0.3 is 17.9 Å². The number of ether oxygens (including phenoxy) is 3. The van der Waals surface area contributed by atoms with Gasteiger partial charge in [0.1, 0.15) is 13.2 Å². The molecule has 0 rings (SSSR count). The molecule has 0 amide bonds. The first kappa shape index (κ1) is 67.2. The van der Waals surface area contributed by atoms with Crippen LogP contribution in [0, 0.1) is 0 Å². The molecule has 0 atom stereocenters. The maximum atomic E-state index is 12.8. The Labute approximate surface area is 446 Å². The molecule has 0 saturated carbocycles. The summed E-state index contributed by atoms with van der Waals surface area (Å²) < 4.78 is 16.7. The van der Waals surface area contributed by atoms with Crippen molar-refractivity contribution in [2.24, 2.45) is 0 Å². The topological polar surface area (TPSA) is 78.9 Å². The van der Waals surface area contributed by atoms with Crippen LogP contribution in [0.3, 0.4) is 0 Å². The number of allylic oxidation sites excluding steroid dienone is 32. The van der Waals surface area contributed by atoms with Gasteiger partial charge in [0.05, 0.1) is 0 Å². The normalized spacial score (nSPS) is 13.3. The molecule has 0 N–H and O–H groups in total. The molecule has 0 aromatic rings. The molecule has 6 heteroatoms. The van der Waals surface area contributed by atoms with Crippen LogP contribution in [-0.2, 0) is 28.6 Å². The van der Waals surface area contributed by atoms with Crippen LogP contribution in [0.4, 0.5) is 0 Å². The second kappa shape index (κ2) is 58.8. The van der Waals surface area contributed by atoms with Gasteiger partial charge in [-0.1, -0.05) is 228 Å². The zero-order valence-corrected chi connectivity index (χ0v) is 45.8. The van der Waals surface area contributed by atoms with Crippen molar-refractivity contribution in [2.45, 2.75) is 194 Å². The Morgan fingerprint density at radius 3 is 0.808 bits per heavy atom. The van der Waals surface area contributed by atoms with Crippen molar-refractivity contribution >= 4 is 17.9 Å². The average molecular weight is 1000 g/mol. The van der Waals surface area contributed by atoms with Crippen molar-refractivity contribution in [2.75, 3.05) is 13.2 Å². The van der Waals surface area contributed by atoms with Crippen LogP contribution in [0.5, 0.6) is 0 Å². The van der Waals surface area contributed by atoms with Crippen molar-refractivity contribution in [3.05, 3.63) is 194 Å². The smallest absolute Gasteiger partial charge is 0.306 e. The predicted molar refractivity (Wildman–Crippen MR) is 315 cm³/mol. The maximum Gasteiger partial charge on any atom is 0.306 e. The van der Waals surface area contributed by atoms with E-state index in [0.29, 0.717) is 19.3 Å². The van der Waals surface area contributed by atoms with Gasteiger partial charge in [-0.2, -0.15) is 0 Å². The lowest BCUT2D eigenvalue weighted by atomic mass is 10.1. The third-order valence-electron chi connectivity index (χ3n) is 10.6. The summed E-state index contributed by atoms with van der Waals surface area (Å²) in [5.41, 5.74) is 0. The first-order valence-corrected chi connectivity index (χ1v) is 27.9. The lowest BCUT2D eigenvalue weighted by molar-refractivity contribution is -0.166. The molecule has 0 radical (unpaired) electrons. The Hall–Kier alpha value is -5.75. The summed E-state index contributed by atoms with van der Waals surface area (Å²) in [5.74, 6) is -1.16. The summed E-state index contributed by atoms with van der Waals surface area (Å²) in [5, 5.41) is 0. The second-order valence-electron chi connectivity index (χ2n) is 17.3. The van der Waals surface area contributed by atoms with E-state index in [1.807, 2.05) is 24.3 Å². The summed E-state index contributed by atoms with van der Waals surface area (Å²) >= 11 is 0. The van der Waals surface area contributed by atoms with Gasteiger partial charge in [0, 0.05) is 19.3 Å². The van der Waals surface area contributed by atoms with E-state index in [9.17, 15) is 14.4 Å². The van der Waals surface area contributed by atoms with Crippen LogP contribution >= 0.6 is 0 Å². The van der Waals surface area contributed by atoms with Crippen molar-refractivity contribution in [3.63, 3.8) is 0 Å². The first-order valence-electron chi connectivity index (χ1n) is 27.9. The molecule has 0 aromatic heterocycles. The Morgan fingerprint density at radius 1 is 0.274 bits per heavy atom. The van der Waals surface area contributed by atoms with Crippen molar-refractivity contribution in [1.29, 1.82) is 0 Å². The van der Waals surface area contributed by atoms with E-state index in [0.717, 1.165) is 128 Å². The first-order chi connectivity index (χ1) is 36.0. The molecule has 6 nitrogen and oxygen atoms in total. The Bertz CT molecular complexity index is 1720. The molecular formula is C67H98O6. The van der Waals surface area contributed by atoms with Crippen LogP contribution in [0.2, 0.25) is 0 Å². The minimum Gasteiger partial charge on any atom is -0.462 e. The van der Waals surface area contributed by atoms with Gasteiger partial charge in [0.15, 0.2) is 6.10 Å². The van der Waals surface area contributed by atoms with Crippen LogP contribution in [0.25, 0.3) is 0 Å². The number of hydrogen-bond acceptors (Lipinski definition) is 6. The number of rotatable bonds is 47. The highest BCUT2D eigenvalue weighted by Gasteiger charge is 2.19. The molecule has 0 saturated heterocycles. The van der Waals surface area contributed by atoms with Gasteiger partial charge in [-0.15, -0.1) is 0 Å². The molecule has 0 heterocycles. The molecule has 0 aliphatic heterocycles. The Kier molecular flexibility index (Phi) is 54.2. The fourth-order valence-corrected chi connectivity index (χ4v) is 6.54. The average Bonchev–Trinajstić information content (AvgIpc) is 3.39. The fraction of sp³-hybridized carbons (Fsp3) is 0.478. The number of carbonyl (C=O) groups excluding carboxylic acids is 3. The van der Waals surface area contributed by atoms with Gasteiger partial charge in [-0.05, 0) is 135 Å². The lowest BCUT2D eigenvalue weighted by Crippen LogP contribution is -2.30. The van der Waals surface area contributed by atoms with Gasteiger partial charge in [0.2, 0.25) is 0 Å². The summed E-state index contributed by atoms with van der Waals surface area (Å²) in [6, 6.07) is 0. The van der Waals surface area contributed by atoms with Crippen LogP contribution < -0.4 is 0 Å². The van der Waals surface area contributed by atoms with Crippen molar-refractivity contribution in [1.82, 2.24) is 0 Å². The summed E-state index contributed by atoms with van der Waals surface area (Å²) in [4.78, 5) is 38.1. The van der Waals surface area contributed by atoms with Crippen LogP contribution in [-0.4, -0.2) is 37.2 Å². The number of esters is 3. The van der Waals surface area contributed by atoms with Crippen LogP contribution in [0.15, 0.2) is 194 Å². The molecule has 0 spiro atoms. The molecular weight excluding hydrogens is 901 g/mol. The third-order valence-corrected chi connectivity index (χ3v) is 10.6. The minimum absolute atomic E-state index is 0.163. The summed E-state index contributed by atoms with van der Waals surface area (Å²) in [7, 11) is 0. The number of unbranched alkanes of at least 4 members (excludes halogenated alkanes) is 4. The van der Waals surface area contributed by atoms with E-state index in [1.165, 1.54) is 0 Å². The molecule has 0 fully saturated rings. The molecule has 0 aliphatic carbocycles. The van der Waals surface area contributed by atoms with Crippen molar-refractivity contribution in [3.8, 4) is 0 Å². The van der Waals surface area contributed by atoms with Gasteiger partial charge in [0.25, 0.3) is 0 Å².